The second kappa shape index (κ2) is 8.22. The molecule has 2 nitrogen and oxygen atoms in total. The molecular formula is C12H8F12N2. The van der Waals surface area contributed by atoms with Gasteiger partial charge in [0.05, 0.1) is 12.1 Å². The Bertz CT molecular complexity index is 537. The predicted molar refractivity (Wildman–Crippen MR) is 59.8 cm³/mol. The molecule has 0 rings (SSSR count). The van der Waals surface area contributed by atoms with Crippen LogP contribution in [0.5, 0.6) is 0 Å². The molecule has 0 aliphatic heterocycles. The van der Waals surface area contributed by atoms with Crippen molar-refractivity contribution in [2.24, 2.45) is 5.41 Å². The van der Waals surface area contributed by atoms with Crippen molar-refractivity contribution in [1.29, 1.82) is 10.5 Å². The zero-order valence-electron chi connectivity index (χ0n) is 12.1. The van der Waals surface area contributed by atoms with Gasteiger partial charge in [0, 0.05) is 6.42 Å². The lowest BCUT2D eigenvalue weighted by Crippen LogP contribution is -2.60. The van der Waals surface area contributed by atoms with Gasteiger partial charge in [-0.05, 0) is 0 Å². The molecule has 14 heteroatoms. The molecule has 0 radical (unpaired) electrons. The van der Waals surface area contributed by atoms with Crippen LogP contribution < -0.4 is 0 Å². The highest BCUT2D eigenvalue weighted by atomic mass is 19.3. The monoisotopic (exact) mass is 408 g/mol. The summed E-state index contributed by atoms with van der Waals surface area (Å²) in [5, 5.41) is 17.1. The summed E-state index contributed by atoms with van der Waals surface area (Å²) in [6, 6.07) is 0.666. The molecule has 4 unspecified atom stereocenters. The van der Waals surface area contributed by atoms with E-state index in [2.05, 4.69) is 0 Å². The van der Waals surface area contributed by atoms with E-state index < -0.39 is 61.2 Å². The molecule has 0 saturated carbocycles. The summed E-state index contributed by atoms with van der Waals surface area (Å²) in [7, 11) is 0. The molecule has 0 aliphatic carbocycles. The molecule has 0 N–H and O–H groups in total. The normalized spacial score (nSPS) is 18.2. The molecule has 0 heterocycles. The molecule has 26 heavy (non-hydrogen) atoms. The van der Waals surface area contributed by atoms with E-state index in [1.807, 2.05) is 0 Å². The third-order valence-electron chi connectivity index (χ3n) is 3.25. The van der Waals surface area contributed by atoms with Gasteiger partial charge in [-0.25, -0.2) is 35.1 Å². The van der Waals surface area contributed by atoms with Crippen molar-refractivity contribution in [1.82, 2.24) is 0 Å². The van der Waals surface area contributed by atoms with E-state index in [0.717, 1.165) is 0 Å². The Morgan fingerprint density at radius 2 is 1.12 bits per heavy atom. The topological polar surface area (TPSA) is 47.6 Å². The second-order valence-corrected chi connectivity index (χ2v) is 5.04. The molecule has 0 bridgehead atoms. The number of hydrogen-bond donors (Lipinski definition) is 0. The highest BCUT2D eigenvalue weighted by Crippen LogP contribution is 2.50. The number of nitrogens with zero attached hydrogens (tertiary/aromatic N) is 2. The molecular weight excluding hydrogens is 400 g/mol. The number of alkyl halides is 12. The molecule has 4 atom stereocenters. The fourth-order valence-electron chi connectivity index (χ4n) is 1.72. The number of nitriles is 2. The van der Waals surface area contributed by atoms with E-state index >= 15 is 0 Å². The van der Waals surface area contributed by atoms with Gasteiger partial charge >= 0.3 is 11.8 Å². The van der Waals surface area contributed by atoms with Crippen molar-refractivity contribution in [3.63, 3.8) is 0 Å². The third kappa shape index (κ3) is 4.27. The van der Waals surface area contributed by atoms with Crippen LogP contribution in [0, 0.1) is 28.1 Å². The molecule has 0 saturated heterocycles. The van der Waals surface area contributed by atoms with E-state index in [9.17, 15) is 52.7 Å². The molecule has 150 valence electrons. The van der Waals surface area contributed by atoms with Crippen molar-refractivity contribution in [2.75, 3.05) is 0 Å². The first-order valence-corrected chi connectivity index (χ1v) is 6.33. The van der Waals surface area contributed by atoms with Crippen LogP contribution in [0.2, 0.25) is 0 Å². The lowest BCUT2D eigenvalue weighted by molar-refractivity contribution is -0.285. The lowest BCUT2D eigenvalue weighted by Gasteiger charge is -2.36. The molecule has 0 aromatic heterocycles. The Morgan fingerprint density at radius 1 is 0.692 bits per heavy atom. The van der Waals surface area contributed by atoms with Gasteiger partial charge in [0.25, 0.3) is 12.9 Å². The summed E-state index contributed by atoms with van der Waals surface area (Å²) in [6.45, 7) is 0. The minimum atomic E-state index is -6.53. The van der Waals surface area contributed by atoms with Crippen molar-refractivity contribution in [3.05, 3.63) is 0 Å². The summed E-state index contributed by atoms with van der Waals surface area (Å²) in [4.78, 5) is 0. The first kappa shape index (κ1) is 24.1. The standard InChI is InChI=1S/C12H8F12N2/c13-4(7(16)17)1-10(2-25,3-26)9(20)12(23,24)11(21,22)6(15)5(14)8(18)19/h4-9H,1H2. The van der Waals surface area contributed by atoms with E-state index in [-0.39, 0.29) is 0 Å². The zero-order valence-corrected chi connectivity index (χ0v) is 12.1. The fraction of sp³-hybridized carbons (Fsp3) is 0.833. The highest BCUT2D eigenvalue weighted by molar-refractivity contribution is 5.22. The minimum absolute atomic E-state index is 0.333. The second-order valence-electron chi connectivity index (χ2n) is 5.04. The summed E-state index contributed by atoms with van der Waals surface area (Å²) >= 11 is 0. The summed E-state index contributed by atoms with van der Waals surface area (Å²) in [6.07, 6.45) is -28.8. The Morgan fingerprint density at radius 3 is 1.42 bits per heavy atom. The van der Waals surface area contributed by atoms with Gasteiger partial charge in [-0.1, -0.05) is 0 Å². The first-order chi connectivity index (χ1) is 11.6. The summed E-state index contributed by atoms with van der Waals surface area (Å²) in [5.74, 6) is -13.0. The Labute approximate surface area is 138 Å². The SMILES string of the molecule is N#CC(C#N)(CC(F)C(F)F)C(F)C(F)(F)C(F)(F)C(F)C(F)C(F)F. The van der Waals surface area contributed by atoms with Gasteiger partial charge < -0.3 is 0 Å². The van der Waals surface area contributed by atoms with Crippen LogP contribution in [0.15, 0.2) is 0 Å². The maximum atomic E-state index is 13.9. The van der Waals surface area contributed by atoms with E-state index in [4.69, 9.17) is 10.5 Å². The minimum Gasteiger partial charge on any atom is -0.241 e. The van der Waals surface area contributed by atoms with Gasteiger partial charge in [-0.2, -0.15) is 28.1 Å². The largest absolute Gasteiger partial charge is 0.346 e. The Kier molecular flexibility index (Phi) is 7.63. The number of halogens is 12. The van der Waals surface area contributed by atoms with Crippen molar-refractivity contribution >= 4 is 0 Å². The van der Waals surface area contributed by atoms with Crippen LogP contribution in [-0.4, -0.2) is 49.4 Å². The summed E-state index contributed by atoms with van der Waals surface area (Å²) in [5.41, 5.74) is -4.17. The molecule has 0 aromatic rings. The number of hydrogen-bond acceptors (Lipinski definition) is 2. The maximum absolute atomic E-state index is 13.9. The fourth-order valence-corrected chi connectivity index (χ4v) is 1.72. The average molecular weight is 408 g/mol. The molecule has 0 aromatic carbocycles. The van der Waals surface area contributed by atoms with Crippen LogP contribution >= 0.6 is 0 Å². The van der Waals surface area contributed by atoms with Gasteiger partial charge in [-0.15, -0.1) is 0 Å². The van der Waals surface area contributed by atoms with Crippen molar-refractivity contribution in [2.45, 2.75) is 55.8 Å². The maximum Gasteiger partial charge on any atom is 0.346 e. The zero-order chi connectivity index (χ0) is 21.1. The lowest BCUT2D eigenvalue weighted by atomic mass is 9.76. The number of rotatable bonds is 9. The van der Waals surface area contributed by atoms with Gasteiger partial charge in [-0.3, -0.25) is 0 Å². The van der Waals surface area contributed by atoms with Crippen LogP contribution in [0.1, 0.15) is 6.42 Å². The van der Waals surface area contributed by atoms with E-state index in [1.165, 1.54) is 0 Å². The average Bonchev–Trinajstić information content (AvgIpc) is 2.56. The van der Waals surface area contributed by atoms with Crippen LogP contribution in [0.3, 0.4) is 0 Å². The molecule has 0 amide bonds. The molecule has 0 aliphatic rings. The van der Waals surface area contributed by atoms with Crippen LogP contribution in [0.4, 0.5) is 52.7 Å². The van der Waals surface area contributed by atoms with E-state index in [1.54, 1.807) is 0 Å². The quantitative estimate of drug-likeness (QED) is 0.525. The van der Waals surface area contributed by atoms with Gasteiger partial charge in [0.15, 0.2) is 17.8 Å². The molecule has 0 fully saturated rings. The van der Waals surface area contributed by atoms with Crippen LogP contribution in [-0.2, 0) is 0 Å². The van der Waals surface area contributed by atoms with Gasteiger partial charge in [0.2, 0.25) is 12.3 Å². The van der Waals surface area contributed by atoms with Crippen LogP contribution in [0.25, 0.3) is 0 Å². The first-order valence-electron chi connectivity index (χ1n) is 6.33. The Hall–Kier alpha value is -1.86. The summed E-state index contributed by atoms with van der Waals surface area (Å²) < 4.78 is 154. The van der Waals surface area contributed by atoms with E-state index in [0.29, 0.717) is 12.1 Å². The highest BCUT2D eigenvalue weighted by Gasteiger charge is 2.73. The van der Waals surface area contributed by atoms with Gasteiger partial charge in [0.1, 0.15) is 0 Å². The predicted octanol–water partition coefficient (Wildman–Crippen LogP) is 4.56. The smallest absolute Gasteiger partial charge is 0.241 e. The van der Waals surface area contributed by atoms with Crippen molar-refractivity contribution < 1.29 is 52.7 Å². The van der Waals surface area contributed by atoms with Crippen molar-refractivity contribution in [3.8, 4) is 12.1 Å². The Balaban J connectivity index is 6.00. The molecule has 0 spiro atoms. The third-order valence-corrected chi connectivity index (χ3v) is 3.25.